The van der Waals surface area contributed by atoms with E-state index in [4.69, 9.17) is 18.9 Å². The van der Waals surface area contributed by atoms with Gasteiger partial charge in [-0.05, 0) is 64.8 Å². The van der Waals surface area contributed by atoms with Crippen LogP contribution in [0.1, 0.15) is 49.7 Å². The van der Waals surface area contributed by atoms with Crippen LogP contribution in [0.4, 0.5) is 4.79 Å². The molecule has 10 nitrogen and oxygen atoms in total. The van der Waals surface area contributed by atoms with E-state index in [1.165, 1.54) is 0 Å². The van der Waals surface area contributed by atoms with Gasteiger partial charge in [0.25, 0.3) is 0 Å². The van der Waals surface area contributed by atoms with Crippen LogP contribution in [0.5, 0.6) is 0 Å². The Bertz CT molecular complexity index is 991. The van der Waals surface area contributed by atoms with E-state index in [0.717, 1.165) is 31.5 Å². The van der Waals surface area contributed by atoms with Crippen LogP contribution < -0.4 is 5.32 Å². The van der Waals surface area contributed by atoms with Crippen LogP contribution in [-0.2, 0) is 32.1 Å². The molecular formula is C28H42N4O6. The molecule has 2 aromatic rings. The predicted octanol–water partition coefficient (Wildman–Crippen LogP) is 3.51. The number of benzene rings is 1. The molecule has 0 saturated carbocycles. The molecule has 1 N–H and O–H groups in total. The molecule has 10 heteroatoms. The van der Waals surface area contributed by atoms with Gasteiger partial charge < -0.3 is 29.2 Å². The lowest BCUT2D eigenvalue weighted by Gasteiger charge is -2.37. The van der Waals surface area contributed by atoms with Gasteiger partial charge in [-0.25, -0.2) is 9.59 Å². The highest BCUT2D eigenvalue weighted by Gasteiger charge is 2.29. The molecule has 0 spiro atoms. The van der Waals surface area contributed by atoms with Crippen LogP contribution in [0, 0.1) is 5.92 Å². The van der Waals surface area contributed by atoms with Crippen molar-refractivity contribution in [2.24, 2.45) is 5.92 Å². The lowest BCUT2D eigenvalue weighted by Crippen LogP contribution is -2.50. The summed E-state index contributed by atoms with van der Waals surface area (Å²) < 4.78 is 23.9. The summed E-state index contributed by atoms with van der Waals surface area (Å²) in [6.45, 7) is 9.94. The number of amides is 1. The summed E-state index contributed by atoms with van der Waals surface area (Å²) in [5.41, 5.74) is 0.810. The maximum Gasteiger partial charge on any atom is 0.407 e. The number of nitrogens with one attached hydrogen (secondary N) is 1. The van der Waals surface area contributed by atoms with Crippen molar-refractivity contribution >= 4 is 12.1 Å². The van der Waals surface area contributed by atoms with Gasteiger partial charge in [0.15, 0.2) is 0 Å². The van der Waals surface area contributed by atoms with Crippen molar-refractivity contribution in [2.45, 2.75) is 58.4 Å². The molecule has 3 rings (SSSR count). The van der Waals surface area contributed by atoms with Gasteiger partial charge in [0.2, 0.25) is 0 Å². The number of rotatable bonds is 13. The molecule has 0 bridgehead atoms. The zero-order chi connectivity index (χ0) is 27.4. The predicted molar refractivity (Wildman–Crippen MR) is 143 cm³/mol. The minimum Gasteiger partial charge on any atom is -0.455 e. The SMILES string of the molecule is CN1CCC(NC(=O)OCc2ccccc2)C(CCOCCOCCn2nccc2C(=O)OC(C)(C)C)C1. The van der Waals surface area contributed by atoms with Crippen molar-refractivity contribution in [3.05, 3.63) is 53.9 Å². The van der Waals surface area contributed by atoms with Crippen molar-refractivity contribution in [2.75, 3.05) is 46.6 Å². The van der Waals surface area contributed by atoms with Crippen molar-refractivity contribution in [1.82, 2.24) is 20.0 Å². The highest BCUT2D eigenvalue weighted by Crippen LogP contribution is 2.20. The molecule has 1 saturated heterocycles. The zero-order valence-corrected chi connectivity index (χ0v) is 23.1. The van der Waals surface area contributed by atoms with Gasteiger partial charge in [-0.3, -0.25) is 4.68 Å². The lowest BCUT2D eigenvalue weighted by molar-refractivity contribution is 0.00502. The minimum atomic E-state index is -0.561. The van der Waals surface area contributed by atoms with Gasteiger partial charge >= 0.3 is 12.1 Å². The topological polar surface area (TPSA) is 104 Å². The van der Waals surface area contributed by atoms with E-state index in [1.807, 2.05) is 51.1 Å². The number of hydrogen-bond donors (Lipinski definition) is 1. The zero-order valence-electron chi connectivity index (χ0n) is 23.1. The molecule has 0 aliphatic carbocycles. The number of nitrogens with zero attached hydrogens (tertiary/aromatic N) is 3. The van der Waals surface area contributed by atoms with Crippen LogP contribution in [0.15, 0.2) is 42.6 Å². The Hall–Kier alpha value is -2.95. The quantitative estimate of drug-likeness (QED) is 0.310. The number of piperidine rings is 1. The summed E-state index contributed by atoms with van der Waals surface area (Å²) in [5.74, 6) is -0.117. The number of alkyl carbamates (subject to hydrolysis) is 1. The first-order valence-corrected chi connectivity index (χ1v) is 13.3. The van der Waals surface area contributed by atoms with E-state index < -0.39 is 11.6 Å². The Balaban J connectivity index is 1.30. The Labute approximate surface area is 225 Å². The second-order valence-corrected chi connectivity index (χ2v) is 10.6. The minimum absolute atomic E-state index is 0.0579. The first-order valence-electron chi connectivity index (χ1n) is 13.3. The summed E-state index contributed by atoms with van der Waals surface area (Å²) in [4.78, 5) is 26.9. The highest BCUT2D eigenvalue weighted by molar-refractivity contribution is 5.87. The molecule has 1 aromatic carbocycles. The third-order valence-corrected chi connectivity index (χ3v) is 6.23. The third kappa shape index (κ3) is 10.4. The Morgan fingerprint density at radius 3 is 2.53 bits per heavy atom. The van der Waals surface area contributed by atoms with Gasteiger partial charge in [0.05, 0.1) is 26.4 Å². The fourth-order valence-corrected chi connectivity index (χ4v) is 4.34. The number of aromatic nitrogens is 2. The van der Waals surface area contributed by atoms with Gasteiger partial charge in [-0.1, -0.05) is 30.3 Å². The molecule has 1 aromatic heterocycles. The van der Waals surface area contributed by atoms with E-state index in [-0.39, 0.29) is 24.7 Å². The first kappa shape index (κ1) is 29.6. The van der Waals surface area contributed by atoms with Crippen LogP contribution in [0.3, 0.4) is 0 Å². The van der Waals surface area contributed by atoms with Crippen LogP contribution in [-0.4, -0.2) is 85.0 Å². The lowest BCUT2D eigenvalue weighted by atomic mass is 9.90. The van der Waals surface area contributed by atoms with E-state index in [0.29, 0.717) is 38.7 Å². The molecule has 1 aliphatic heterocycles. The third-order valence-electron chi connectivity index (χ3n) is 6.23. The van der Waals surface area contributed by atoms with Gasteiger partial charge in [0.1, 0.15) is 17.9 Å². The summed E-state index contributed by atoms with van der Waals surface area (Å²) in [6, 6.07) is 11.4. The van der Waals surface area contributed by atoms with Crippen molar-refractivity contribution in [1.29, 1.82) is 0 Å². The second-order valence-electron chi connectivity index (χ2n) is 10.6. The van der Waals surface area contributed by atoms with Crippen molar-refractivity contribution < 1.29 is 28.5 Å². The molecule has 2 unspecified atom stereocenters. The highest BCUT2D eigenvalue weighted by atomic mass is 16.6. The summed E-state index contributed by atoms with van der Waals surface area (Å²) in [5, 5.41) is 7.25. The molecule has 1 aliphatic rings. The number of carbonyl (C=O) groups is 2. The Morgan fingerprint density at radius 1 is 1.05 bits per heavy atom. The molecule has 0 radical (unpaired) electrons. The summed E-state index contributed by atoms with van der Waals surface area (Å²) in [7, 11) is 2.10. The number of hydrogen-bond acceptors (Lipinski definition) is 8. The fraction of sp³-hybridized carbons (Fsp3) is 0.607. The molecule has 38 heavy (non-hydrogen) atoms. The van der Waals surface area contributed by atoms with Crippen LogP contribution in [0.25, 0.3) is 0 Å². The number of likely N-dealkylation sites (tertiary alicyclic amines) is 1. The standard InChI is InChI=1S/C28H42N4O6/c1-28(2,3)38-26(33)25-10-13-29-32(25)15-17-36-19-18-35-16-12-23-20-31(4)14-11-24(23)30-27(34)37-21-22-8-6-5-7-9-22/h5-10,13,23-24H,11-12,14-21H2,1-4H3,(H,30,34). The molecular weight excluding hydrogens is 488 g/mol. The number of esters is 1. The van der Waals surface area contributed by atoms with Crippen molar-refractivity contribution in [3.8, 4) is 0 Å². The van der Waals surface area contributed by atoms with E-state index in [9.17, 15) is 9.59 Å². The molecule has 2 heterocycles. The normalized spacial score (nSPS) is 18.2. The number of carbonyl (C=O) groups excluding carboxylic acids is 2. The fourth-order valence-electron chi connectivity index (χ4n) is 4.34. The van der Waals surface area contributed by atoms with Crippen molar-refractivity contribution in [3.63, 3.8) is 0 Å². The maximum absolute atomic E-state index is 12.4. The smallest absolute Gasteiger partial charge is 0.407 e. The number of ether oxygens (including phenoxy) is 4. The van der Waals surface area contributed by atoms with Gasteiger partial charge in [0, 0.05) is 25.4 Å². The summed E-state index contributed by atoms with van der Waals surface area (Å²) in [6.07, 6.45) is 2.91. The van der Waals surface area contributed by atoms with E-state index in [1.54, 1.807) is 16.9 Å². The van der Waals surface area contributed by atoms with E-state index in [2.05, 4.69) is 22.4 Å². The molecule has 2 atom stereocenters. The Morgan fingerprint density at radius 2 is 1.79 bits per heavy atom. The van der Waals surface area contributed by atoms with Crippen LogP contribution >= 0.6 is 0 Å². The Kier molecular flexibility index (Phi) is 11.6. The molecule has 1 fully saturated rings. The molecule has 1 amide bonds. The summed E-state index contributed by atoms with van der Waals surface area (Å²) >= 11 is 0. The van der Waals surface area contributed by atoms with Gasteiger partial charge in [-0.2, -0.15) is 5.10 Å². The molecule has 210 valence electrons. The average Bonchev–Trinajstić information content (AvgIpc) is 3.34. The second kappa shape index (κ2) is 14.8. The first-order chi connectivity index (χ1) is 18.2. The van der Waals surface area contributed by atoms with Gasteiger partial charge in [-0.15, -0.1) is 0 Å². The monoisotopic (exact) mass is 530 g/mol. The van der Waals surface area contributed by atoms with Crippen LogP contribution in [0.2, 0.25) is 0 Å². The largest absolute Gasteiger partial charge is 0.455 e. The maximum atomic E-state index is 12.4. The average molecular weight is 531 g/mol. The van der Waals surface area contributed by atoms with E-state index >= 15 is 0 Å².